The summed E-state index contributed by atoms with van der Waals surface area (Å²) in [6, 6.07) is 4.89. The van der Waals surface area contributed by atoms with Gasteiger partial charge in [-0.05, 0) is 86.5 Å². The number of carbonyl (C=O) groups excluding carboxylic acids is 3. The molecule has 5 rings (SSSR count). The molecule has 3 amide bonds. The van der Waals surface area contributed by atoms with Gasteiger partial charge >= 0.3 is 0 Å². The van der Waals surface area contributed by atoms with Crippen LogP contribution in [0.4, 0.5) is 17.7 Å². The zero-order valence-corrected chi connectivity index (χ0v) is 47.2. The van der Waals surface area contributed by atoms with Crippen molar-refractivity contribution in [2.24, 2.45) is 5.92 Å². The quantitative estimate of drug-likeness (QED) is 0.136. The number of aromatic nitrogens is 3. The number of rotatable bonds is 14. The average Bonchev–Trinajstić information content (AvgIpc) is 4.09. The van der Waals surface area contributed by atoms with E-state index in [2.05, 4.69) is 31.4 Å². The van der Waals surface area contributed by atoms with Crippen molar-refractivity contribution < 1.29 is 53.2 Å². The Morgan fingerprint density at radius 3 is 1.20 bits per heavy atom. The van der Waals surface area contributed by atoms with Gasteiger partial charge in [-0.15, -0.1) is 0 Å². The molecule has 2 aliphatic carbocycles. The summed E-state index contributed by atoms with van der Waals surface area (Å²) < 4.78 is 86.8. The zero-order valence-electron chi connectivity index (χ0n) is 44.7. The molecule has 2 aliphatic rings. The minimum atomic E-state index is -3.60. The summed E-state index contributed by atoms with van der Waals surface area (Å²) in [6.07, 6.45) is 8.68. The predicted octanol–water partition coefficient (Wildman–Crippen LogP) is 9.63. The van der Waals surface area contributed by atoms with Gasteiger partial charge in [0, 0.05) is 34.4 Å². The molecule has 0 saturated heterocycles. The maximum Gasteiger partial charge on any atom is 0.247 e. The molecule has 0 aromatic carbocycles. The van der Waals surface area contributed by atoms with E-state index in [1.165, 1.54) is 48.0 Å². The molecule has 2 saturated carbocycles. The second-order valence-electron chi connectivity index (χ2n) is 23.4. The number of carbonyl (C=O) groups is 3. The molecule has 3 N–H and O–H groups in total. The Labute approximate surface area is 417 Å². The molecule has 18 nitrogen and oxygen atoms in total. The number of sulfone groups is 3. The number of amides is 3. The van der Waals surface area contributed by atoms with Crippen molar-refractivity contribution in [2.75, 3.05) is 21.7 Å². The molecule has 3 aromatic heterocycles. The summed E-state index contributed by atoms with van der Waals surface area (Å²) in [5.74, 6) is -1.06. The zero-order chi connectivity index (χ0) is 53.7. The first-order valence-corrected chi connectivity index (χ1v) is 29.0. The maximum atomic E-state index is 12.8. The first-order chi connectivity index (χ1) is 31.7. The summed E-state index contributed by atoms with van der Waals surface area (Å²) >= 11 is 0. The summed E-state index contributed by atoms with van der Waals surface area (Å²) in [4.78, 5) is 37.5. The Morgan fingerprint density at radius 1 is 0.543 bits per heavy atom. The lowest BCUT2D eigenvalue weighted by molar-refractivity contribution is -0.118. The van der Waals surface area contributed by atoms with E-state index in [4.69, 9.17) is 13.6 Å². The highest BCUT2D eigenvalue weighted by molar-refractivity contribution is 7.94. The van der Waals surface area contributed by atoms with Gasteiger partial charge in [0.05, 0.1) is 33.3 Å². The Balaban J connectivity index is 0.000000278. The monoisotopic (exact) mass is 1040 g/mol. The fraction of sp³-hybridized carbons (Fsp3) is 0.755. The molecule has 0 spiro atoms. The van der Waals surface area contributed by atoms with E-state index in [9.17, 15) is 39.6 Å². The number of anilines is 3. The van der Waals surface area contributed by atoms with Crippen LogP contribution in [0.1, 0.15) is 199 Å². The van der Waals surface area contributed by atoms with Crippen LogP contribution < -0.4 is 16.0 Å². The average molecular weight is 1040 g/mol. The van der Waals surface area contributed by atoms with Gasteiger partial charge in [0.1, 0.15) is 14.2 Å². The lowest BCUT2D eigenvalue weighted by Crippen LogP contribution is -2.48. The SMILES string of the molecule is CC(C)(C)c1cc(NC(=O)C(C)(C)S(=O)(=O)C2CCCC2)on1.CC(C)(C)c1cc(NC(=O)C(C)(C)S(=O)(=O)CC2CCCCC2)on1.CCC(C)S(=O)(=O)C(C)(C)C(=O)Nc1cc(C(C)(C)C)no1. The van der Waals surface area contributed by atoms with Crippen molar-refractivity contribution >= 4 is 64.9 Å². The molecule has 3 heterocycles. The Morgan fingerprint density at radius 2 is 0.871 bits per heavy atom. The second kappa shape index (κ2) is 22.3. The minimum absolute atomic E-state index is 0.0665. The van der Waals surface area contributed by atoms with Crippen molar-refractivity contribution in [1.82, 2.24) is 15.5 Å². The van der Waals surface area contributed by atoms with E-state index in [0.717, 1.165) is 38.5 Å². The van der Waals surface area contributed by atoms with E-state index in [1.54, 1.807) is 32.0 Å². The van der Waals surface area contributed by atoms with Crippen LogP contribution in [0.15, 0.2) is 31.8 Å². The summed E-state index contributed by atoms with van der Waals surface area (Å²) in [6.45, 7) is 29.8. The molecule has 21 heteroatoms. The van der Waals surface area contributed by atoms with Gasteiger partial charge in [-0.1, -0.05) is 117 Å². The van der Waals surface area contributed by atoms with Gasteiger partial charge < -0.3 is 13.6 Å². The molecule has 0 radical (unpaired) electrons. The molecule has 0 bridgehead atoms. The molecule has 2 fully saturated rings. The highest BCUT2D eigenvalue weighted by atomic mass is 32.2. The largest absolute Gasteiger partial charge is 0.338 e. The van der Waals surface area contributed by atoms with Crippen LogP contribution in [-0.2, 0) is 60.1 Å². The third-order valence-electron chi connectivity index (χ3n) is 13.4. The van der Waals surface area contributed by atoms with E-state index in [-0.39, 0.29) is 45.6 Å². The van der Waals surface area contributed by atoms with Crippen molar-refractivity contribution in [3.8, 4) is 0 Å². The third-order valence-corrected chi connectivity index (χ3v) is 22.0. The van der Waals surface area contributed by atoms with Crippen molar-refractivity contribution in [3.63, 3.8) is 0 Å². The van der Waals surface area contributed by atoms with Crippen LogP contribution >= 0.6 is 0 Å². The van der Waals surface area contributed by atoms with Gasteiger partial charge in [0.2, 0.25) is 35.4 Å². The first-order valence-electron chi connectivity index (χ1n) is 24.3. The maximum absolute atomic E-state index is 12.8. The van der Waals surface area contributed by atoms with Crippen LogP contribution in [0, 0.1) is 5.92 Å². The van der Waals surface area contributed by atoms with Crippen LogP contribution in [-0.4, -0.2) is 88.9 Å². The van der Waals surface area contributed by atoms with Crippen molar-refractivity contribution in [2.45, 2.75) is 223 Å². The third kappa shape index (κ3) is 14.5. The van der Waals surface area contributed by atoms with Crippen molar-refractivity contribution in [3.05, 3.63) is 35.3 Å². The molecule has 70 heavy (non-hydrogen) atoms. The fourth-order valence-electron chi connectivity index (χ4n) is 7.46. The van der Waals surface area contributed by atoms with E-state index in [1.807, 2.05) is 62.3 Å². The molecular formula is C49H82N6O12S3. The van der Waals surface area contributed by atoms with Crippen LogP contribution in [0.2, 0.25) is 0 Å². The predicted molar refractivity (Wildman–Crippen MR) is 274 cm³/mol. The van der Waals surface area contributed by atoms with E-state index in [0.29, 0.717) is 36.3 Å². The topological polar surface area (TPSA) is 268 Å². The van der Waals surface area contributed by atoms with Crippen LogP contribution in [0.5, 0.6) is 0 Å². The molecule has 1 unspecified atom stereocenters. The second-order valence-corrected chi connectivity index (χ2v) is 31.6. The number of nitrogens with one attached hydrogen (secondary N) is 3. The number of nitrogens with zero attached hydrogens (tertiary/aromatic N) is 3. The molecule has 1 atom stereocenters. The van der Waals surface area contributed by atoms with Crippen molar-refractivity contribution in [1.29, 1.82) is 0 Å². The molecule has 3 aromatic rings. The summed E-state index contributed by atoms with van der Waals surface area (Å²) in [5.41, 5.74) is 1.44. The Hall–Kier alpha value is -4.11. The van der Waals surface area contributed by atoms with Gasteiger partial charge in [-0.25, -0.2) is 25.3 Å². The van der Waals surface area contributed by atoms with Crippen LogP contribution in [0.3, 0.4) is 0 Å². The normalized spacial score (nSPS) is 16.6. The van der Waals surface area contributed by atoms with Gasteiger partial charge in [-0.3, -0.25) is 30.3 Å². The summed E-state index contributed by atoms with van der Waals surface area (Å²) in [5, 5.41) is 18.4. The van der Waals surface area contributed by atoms with Gasteiger partial charge in [0.25, 0.3) is 0 Å². The smallest absolute Gasteiger partial charge is 0.247 e. The van der Waals surface area contributed by atoms with E-state index < -0.39 is 72.0 Å². The Kier molecular flexibility index (Phi) is 19.2. The highest BCUT2D eigenvalue weighted by Crippen LogP contribution is 2.35. The molecule has 398 valence electrons. The van der Waals surface area contributed by atoms with E-state index >= 15 is 0 Å². The lowest BCUT2D eigenvalue weighted by Gasteiger charge is -2.27. The molecule has 0 aliphatic heterocycles. The lowest BCUT2D eigenvalue weighted by atomic mass is 9.91. The standard InChI is InChI=1S/C18H30N2O4S.C16H26N2O4S.C15H26N2O4S/c1-17(2,3)14-11-15(24-20-14)19-16(21)18(4,5)25(22,23)12-13-9-7-6-8-10-13;1-15(2,3)12-10-13(22-18-12)17-14(19)16(4,5)23(20,21)11-8-6-7-9-11;1-8-10(2)22(19,20)15(6,7)13(18)16-12-9-11(17-21-12)14(3,4)5/h11,13H,6-10,12H2,1-5H3,(H,19,21);10-11H,6-9H2,1-5H3,(H,17,19);9-10H,8H2,1-7H3,(H,16,18). The highest BCUT2D eigenvalue weighted by Gasteiger charge is 2.48. The van der Waals surface area contributed by atoms with Crippen LogP contribution in [0.25, 0.3) is 0 Å². The van der Waals surface area contributed by atoms with Gasteiger partial charge in [-0.2, -0.15) is 0 Å². The number of hydrogen-bond acceptors (Lipinski definition) is 15. The number of hydrogen-bond donors (Lipinski definition) is 3. The fourth-order valence-corrected chi connectivity index (χ4v) is 13.0. The summed E-state index contributed by atoms with van der Waals surface area (Å²) in [7, 11) is -10.7. The van der Waals surface area contributed by atoms with Gasteiger partial charge in [0.15, 0.2) is 29.5 Å². The Bertz CT molecular complexity index is 2590. The first kappa shape index (κ1) is 60.2. The minimum Gasteiger partial charge on any atom is -0.338 e. The molecular weight excluding hydrogens is 961 g/mol.